The molecule has 1 amide bonds. The number of nitrogens with zero attached hydrogens (tertiary/aromatic N) is 1. The highest BCUT2D eigenvalue weighted by Crippen LogP contribution is 2.34. The van der Waals surface area contributed by atoms with E-state index < -0.39 is 0 Å². The number of pyridine rings is 1. The Labute approximate surface area is 98.5 Å². The van der Waals surface area contributed by atoms with Gasteiger partial charge in [0.2, 0.25) is 5.91 Å². The van der Waals surface area contributed by atoms with E-state index in [2.05, 4.69) is 24.1 Å². The maximum Gasteiger partial charge on any atom is 0.221 e. The quantitative estimate of drug-likeness (QED) is 0.865. The number of thiophene rings is 1. The fraction of sp³-hybridized carbons (Fsp3) is 0.333. The highest BCUT2D eigenvalue weighted by Gasteiger charge is 2.13. The molecule has 4 heteroatoms. The number of aromatic nitrogens is 1. The first kappa shape index (κ1) is 11.1. The minimum absolute atomic E-state index is 0.0559. The standard InChI is InChI=1S/C12H14N2OS/c1-7(2)11-10(14-8(3)15)6-13-9-4-5-16-12(9)11/h4-7H,1-3H3,(H,14,15). The zero-order valence-corrected chi connectivity index (χ0v) is 10.4. The number of rotatable bonds is 2. The molecule has 3 nitrogen and oxygen atoms in total. The van der Waals surface area contributed by atoms with E-state index in [0.717, 1.165) is 11.2 Å². The Morgan fingerprint density at radius 2 is 2.25 bits per heavy atom. The lowest BCUT2D eigenvalue weighted by atomic mass is 10.0. The Morgan fingerprint density at radius 1 is 1.50 bits per heavy atom. The van der Waals surface area contributed by atoms with Gasteiger partial charge in [0.25, 0.3) is 0 Å². The molecule has 0 spiro atoms. The summed E-state index contributed by atoms with van der Waals surface area (Å²) in [6, 6.07) is 2.00. The van der Waals surface area contributed by atoms with Gasteiger partial charge in [0, 0.05) is 6.92 Å². The predicted octanol–water partition coefficient (Wildman–Crippen LogP) is 3.38. The van der Waals surface area contributed by atoms with Crippen LogP contribution in [0.3, 0.4) is 0 Å². The number of nitrogens with one attached hydrogen (secondary N) is 1. The molecule has 0 aromatic carbocycles. The van der Waals surface area contributed by atoms with Gasteiger partial charge in [0.1, 0.15) is 0 Å². The van der Waals surface area contributed by atoms with Gasteiger partial charge >= 0.3 is 0 Å². The van der Waals surface area contributed by atoms with Gasteiger partial charge in [-0.15, -0.1) is 11.3 Å². The van der Waals surface area contributed by atoms with Crippen molar-refractivity contribution in [2.75, 3.05) is 5.32 Å². The number of anilines is 1. The molecule has 16 heavy (non-hydrogen) atoms. The number of amides is 1. The normalized spacial score (nSPS) is 11.0. The van der Waals surface area contributed by atoms with Gasteiger partial charge in [-0.3, -0.25) is 9.78 Å². The van der Waals surface area contributed by atoms with Crippen molar-refractivity contribution in [3.05, 3.63) is 23.2 Å². The Balaban J connectivity index is 2.63. The summed E-state index contributed by atoms with van der Waals surface area (Å²) in [5, 5.41) is 4.87. The van der Waals surface area contributed by atoms with Crippen LogP contribution in [0.1, 0.15) is 32.3 Å². The summed E-state index contributed by atoms with van der Waals surface area (Å²) in [5.41, 5.74) is 3.01. The topological polar surface area (TPSA) is 42.0 Å². The molecule has 0 aliphatic heterocycles. The van der Waals surface area contributed by atoms with E-state index in [9.17, 15) is 4.79 Å². The summed E-state index contributed by atoms with van der Waals surface area (Å²) in [5.74, 6) is 0.311. The van der Waals surface area contributed by atoms with E-state index in [1.807, 2.05) is 11.4 Å². The van der Waals surface area contributed by atoms with E-state index in [4.69, 9.17) is 0 Å². The number of carbonyl (C=O) groups excluding carboxylic acids is 1. The van der Waals surface area contributed by atoms with Crippen molar-refractivity contribution in [3.63, 3.8) is 0 Å². The summed E-state index contributed by atoms with van der Waals surface area (Å²) < 4.78 is 1.17. The van der Waals surface area contributed by atoms with Crippen LogP contribution in [0.5, 0.6) is 0 Å². The van der Waals surface area contributed by atoms with E-state index in [1.165, 1.54) is 17.2 Å². The predicted molar refractivity (Wildman–Crippen MR) is 68.0 cm³/mol. The smallest absolute Gasteiger partial charge is 0.221 e. The third kappa shape index (κ3) is 1.93. The average molecular weight is 234 g/mol. The minimum Gasteiger partial charge on any atom is -0.325 e. The van der Waals surface area contributed by atoms with Gasteiger partial charge < -0.3 is 5.32 Å². The van der Waals surface area contributed by atoms with Crippen LogP contribution in [-0.2, 0) is 4.79 Å². The summed E-state index contributed by atoms with van der Waals surface area (Å²) in [4.78, 5) is 15.5. The number of fused-ring (bicyclic) bond motifs is 1. The fourth-order valence-electron chi connectivity index (χ4n) is 1.79. The Kier molecular flexibility index (Phi) is 2.92. The second-order valence-electron chi connectivity index (χ2n) is 4.06. The second kappa shape index (κ2) is 4.22. The molecule has 0 fully saturated rings. The molecule has 1 N–H and O–H groups in total. The summed E-state index contributed by atoms with van der Waals surface area (Å²) >= 11 is 1.67. The Hall–Kier alpha value is -1.42. The molecule has 84 valence electrons. The van der Waals surface area contributed by atoms with E-state index in [1.54, 1.807) is 17.5 Å². The van der Waals surface area contributed by atoms with Crippen molar-refractivity contribution in [2.45, 2.75) is 26.7 Å². The Bertz CT molecular complexity index is 531. The van der Waals surface area contributed by atoms with Crippen molar-refractivity contribution in [1.82, 2.24) is 4.98 Å². The largest absolute Gasteiger partial charge is 0.325 e. The van der Waals surface area contributed by atoms with Crippen LogP contribution in [0, 0.1) is 0 Å². The molecule has 0 bridgehead atoms. The van der Waals surface area contributed by atoms with Crippen molar-refractivity contribution in [1.29, 1.82) is 0 Å². The molecule has 0 aliphatic carbocycles. The first-order valence-electron chi connectivity index (χ1n) is 5.23. The molecule has 2 aromatic rings. The van der Waals surface area contributed by atoms with Crippen molar-refractivity contribution < 1.29 is 4.79 Å². The molecule has 0 atom stereocenters. The molecule has 2 aromatic heterocycles. The first-order chi connectivity index (χ1) is 7.59. The highest BCUT2D eigenvalue weighted by atomic mass is 32.1. The van der Waals surface area contributed by atoms with Crippen molar-refractivity contribution in [3.8, 4) is 0 Å². The van der Waals surface area contributed by atoms with Crippen LogP contribution >= 0.6 is 11.3 Å². The van der Waals surface area contributed by atoms with Crippen LogP contribution in [0.2, 0.25) is 0 Å². The molecular weight excluding hydrogens is 220 g/mol. The number of carbonyl (C=O) groups is 1. The molecular formula is C12H14N2OS. The molecule has 0 radical (unpaired) electrons. The molecule has 0 aliphatic rings. The monoisotopic (exact) mass is 234 g/mol. The molecule has 0 unspecified atom stereocenters. The number of hydrogen-bond donors (Lipinski definition) is 1. The van der Waals surface area contributed by atoms with Gasteiger partial charge in [0.05, 0.1) is 22.1 Å². The van der Waals surface area contributed by atoms with Crippen molar-refractivity contribution in [2.24, 2.45) is 0 Å². The van der Waals surface area contributed by atoms with Crippen LogP contribution in [0.4, 0.5) is 5.69 Å². The second-order valence-corrected chi connectivity index (χ2v) is 4.97. The van der Waals surface area contributed by atoms with Crippen LogP contribution in [-0.4, -0.2) is 10.9 Å². The SMILES string of the molecule is CC(=O)Nc1cnc2ccsc2c1C(C)C. The maximum atomic E-state index is 11.1. The maximum absolute atomic E-state index is 11.1. The lowest BCUT2D eigenvalue weighted by Crippen LogP contribution is -2.09. The summed E-state index contributed by atoms with van der Waals surface area (Å²) in [7, 11) is 0. The van der Waals surface area contributed by atoms with Gasteiger partial charge in [-0.05, 0) is 22.9 Å². The first-order valence-corrected chi connectivity index (χ1v) is 6.11. The zero-order chi connectivity index (χ0) is 11.7. The van der Waals surface area contributed by atoms with Crippen molar-refractivity contribution >= 4 is 33.1 Å². The van der Waals surface area contributed by atoms with Crippen LogP contribution < -0.4 is 5.32 Å². The van der Waals surface area contributed by atoms with Gasteiger partial charge in [-0.1, -0.05) is 13.8 Å². The highest BCUT2D eigenvalue weighted by molar-refractivity contribution is 7.17. The summed E-state index contributed by atoms with van der Waals surface area (Å²) in [6.07, 6.45) is 1.74. The molecule has 0 saturated carbocycles. The molecule has 2 heterocycles. The molecule has 0 saturated heterocycles. The van der Waals surface area contributed by atoms with Gasteiger partial charge in [-0.2, -0.15) is 0 Å². The minimum atomic E-state index is -0.0559. The fourth-order valence-corrected chi connectivity index (χ4v) is 2.84. The van der Waals surface area contributed by atoms with Gasteiger partial charge in [0.15, 0.2) is 0 Å². The zero-order valence-electron chi connectivity index (χ0n) is 9.57. The van der Waals surface area contributed by atoms with E-state index in [-0.39, 0.29) is 5.91 Å². The Morgan fingerprint density at radius 3 is 2.88 bits per heavy atom. The third-order valence-corrected chi connectivity index (χ3v) is 3.34. The number of hydrogen-bond acceptors (Lipinski definition) is 3. The lowest BCUT2D eigenvalue weighted by Gasteiger charge is -2.13. The van der Waals surface area contributed by atoms with Crippen LogP contribution in [0.25, 0.3) is 10.2 Å². The average Bonchev–Trinajstić information content (AvgIpc) is 2.63. The lowest BCUT2D eigenvalue weighted by molar-refractivity contribution is -0.114. The van der Waals surface area contributed by atoms with Gasteiger partial charge in [-0.25, -0.2) is 0 Å². The van der Waals surface area contributed by atoms with E-state index in [0.29, 0.717) is 5.92 Å². The van der Waals surface area contributed by atoms with Crippen LogP contribution in [0.15, 0.2) is 17.6 Å². The molecule has 2 rings (SSSR count). The summed E-state index contributed by atoms with van der Waals surface area (Å²) in [6.45, 7) is 5.77. The van der Waals surface area contributed by atoms with E-state index >= 15 is 0 Å². The third-order valence-electron chi connectivity index (χ3n) is 2.40.